The molecule has 0 radical (unpaired) electrons. The quantitative estimate of drug-likeness (QED) is 0.399. The van der Waals surface area contributed by atoms with Crippen LogP contribution in [0.1, 0.15) is 0 Å². The molecule has 0 unspecified atom stereocenters. The van der Waals surface area contributed by atoms with E-state index in [1.165, 1.54) is 0 Å². The molecule has 0 saturated heterocycles. The normalized spacial score (nSPS) is 17.5. The summed E-state index contributed by atoms with van der Waals surface area (Å²) in [5, 5.41) is 0. The van der Waals surface area contributed by atoms with Gasteiger partial charge in [-0.3, -0.25) is 0 Å². The SMILES string of the molecule is C1=C/C=C\C=C/C=C1.[Cl-].[Cl-].[Ru+2]. The second-order valence-electron chi connectivity index (χ2n) is 1.54. The van der Waals surface area contributed by atoms with Gasteiger partial charge in [0.1, 0.15) is 0 Å². The molecule has 0 heterocycles. The molecule has 1 rings (SSSR count). The zero-order valence-electron chi connectivity index (χ0n) is 5.73. The first-order valence-electron chi connectivity index (χ1n) is 2.67. The topological polar surface area (TPSA) is 0 Å². The minimum absolute atomic E-state index is 0. The van der Waals surface area contributed by atoms with Gasteiger partial charge < -0.3 is 24.8 Å². The number of hydrogen-bond donors (Lipinski definition) is 0. The van der Waals surface area contributed by atoms with E-state index in [-0.39, 0.29) is 44.3 Å². The third-order valence-corrected chi connectivity index (χ3v) is 0.889. The van der Waals surface area contributed by atoms with Crippen molar-refractivity contribution in [2.75, 3.05) is 0 Å². The predicted molar refractivity (Wildman–Crippen MR) is 36.6 cm³/mol. The summed E-state index contributed by atoms with van der Waals surface area (Å²) in [6, 6.07) is 0. The number of halogens is 2. The molecule has 0 aromatic carbocycles. The molecule has 0 N–H and O–H groups in total. The molecule has 62 valence electrons. The molecular weight excluding hydrogens is 268 g/mol. The first kappa shape index (κ1) is 17.3. The summed E-state index contributed by atoms with van der Waals surface area (Å²) in [5.41, 5.74) is 0. The minimum Gasteiger partial charge on any atom is -1.00 e. The maximum Gasteiger partial charge on any atom is 2.00 e. The second kappa shape index (κ2) is 12.8. The average molecular weight is 276 g/mol. The van der Waals surface area contributed by atoms with Crippen LogP contribution in [-0.2, 0) is 19.5 Å². The fourth-order valence-corrected chi connectivity index (χ4v) is 0.513. The van der Waals surface area contributed by atoms with Gasteiger partial charge in [-0.05, 0) is 0 Å². The Morgan fingerprint density at radius 1 is 0.364 bits per heavy atom. The molecule has 0 nitrogen and oxygen atoms in total. The van der Waals surface area contributed by atoms with Crippen LogP contribution in [0, 0.1) is 0 Å². The van der Waals surface area contributed by atoms with Crippen molar-refractivity contribution in [3.8, 4) is 0 Å². The Morgan fingerprint density at radius 2 is 0.455 bits per heavy atom. The largest absolute Gasteiger partial charge is 2.00 e. The molecule has 1 aliphatic rings. The zero-order chi connectivity index (χ0) is 5.66. The van der Waals surface area contributed by atoms with Gasteiger partial charge in [-0.1, -0.05) is 48.6 Å². The van der Waals surface area contributed by atoms with Crippen LogP contribution in [-0.4, -0.2) is 0 Å². The summed E-state index contributed by atoms with van der Waals surface area (Å²) >= 11 is 0. The Morgan fingerprint density at radius 3 is 0.545 bits per heavy atom. The van der Waals surface area contributed by atoms with Gasteiger partial charge in [0, 0.05) is 0 Å². The van der Waals surface area contributed by atoms with Crippen LogP contribution < -0.4 is 24.8 Å². The summed E-state index contributed by atoms with van der Waals surface area (Å²) < 4.78 is 0. The molecule has 0 amide bonds. The number of hydrogen-bond acceptors (Lipinski definition) is 0. The Bertz CT molecular complexity index is 113. The first-order valence-corrected chi connectivity index (χ1v) is 2.67. The molecular formula is C8H8Cl2Ru. The van der Waals surface area contributed by atoms with Gasteiger partial charge in [-0.25, -0.2) is 0 Å². The van der Waals surface area contributed by atoms with Crippen LogP contribution in [0.15, 0.2) is 48.6 Å². The van der Waals surface area contributed by atoms with Crippen molar-refractivity contribution in [2.24, 2.45) is 0 Å². The van der Waals surface area contributed by atoms with E-state index in [1.54, 1.807) is 0 Å². The fraction of sp³-hybridized carbons (Fsp3) is 0. The maximum atomic E-state index is 2.00. The van der Waals surface area contributed by atoms with Gasteiger partial charge in [0.05, 0.1) is 0 Å². The van der Waals surface area contributed by atoms with Crippen molar-refractivity contribution in [2.45, 2.75) is 0 Å². The fourth-order valence-electron chi connectivity index (χ4n) is 0.513. The van der Waals surface area contributed by atoms with E-state index in [2.05, 4.69) is 0 Å². The van der Waals surface area contributed by atoms with Gasteiger partial charge in [0.2, 0.25) is 0 Å². The van der Waals surface area contributed by atoms with Crippen molar-refractivity contribution < 1.29 is 44.3 Å². The third-order valence-electron chi connectivity index (χ3n) is 0.889. The molecule has 0 atom stereocenters. The molecule has 0 aromatic rings. The molecule has 0 aliphatic heterocycles. The van der Waals surface area contributed by atoms with Crippen LogP contribution in [0.2, 0.25) is 0 Å². The van der Waals surface area contributed by atoms with Gasteiger partial charge in [-0.2, -0.15) is 0 Å². The number of rotatable bonds is 0. The van der Waals surface area contributed by atoms with E-state index in [1.807, 2.05) is 48.6 Å². The minimum atomic E-state index is 0. The van der Waals surface area contributed by atoms with Crippen molar-refractivity contribution in [1.29, 1.82) is 0 Å². The second-order valence-corrected chi connectivity index (χ2v) is 1.54. The third kappa shape index (κ3) is 10.2. The van der Waals surface area contributed by atoms with Crippen LogP contribution in [0.5, 0.6) is 0 Å². The number of allylic oxidation sites excluding steroid dienone is 8. The maximum absolute atomic E-state index is 2.00. The molecule has 3 heteroatoms. The summed E-state index contributed by atoms with van der Waals surface area (Å²) in [5.74, 6) is 0. The average Bonchev–Trinajstić information content (AvgIpc) is 1.62. The molecule has 0 saturated carbocycles. The molecule has 0 spiro atoms. The molecule has 11 heavy (non-hydrogen) atoms. The van der Waals surface area contributed by atoms with E-state index < -0.39 is 0 Å². The van der Waals surface area contributed by atoms with Gasteiger partial charge in [-0.15, -0.1) is 0 Å². The zero-order valence-corrected chi connectivity index (χ0v) is 8.98. The van der Waals surface area contributed by atoms with Gasteiger partial charge in [0.15, 0.2) is 0 Å². The van der Waals surface area contributed by atoms with E-state index >= 15 is 0 Å². The van der Waals surface area contributed by atoms with Crippen molar-refractivity contribution in [3.63, 3.8) is 0 Å². The Balaban J connectivity index is -0.000000213. The monoisotopic (exact) mass is 276 g/mol. The van der Waals surface area contributed by atoms with E-state index in [0.29, 0.717) is 0 Å². The summed E-state index contributed by atoms with van der Waals surface area (Å²) in [4.78, 5) is 0. The summed E-state index contributed by atoms with van der Waals surface area (Å²) in [6.07, 6.45) is 16.0. The van der Waals surface area contributed by atoms with Crippen LogP contribution in [0.3, 0.4) is 0 Å². The van der Waals surface area contributed by atoms with Crippen LogP contribution in [0.4, 0.5) is 0 Å². The van der Waals surface area contributed by atoms with E-state index in [9.17, 15) is 0 Å². The molecule has 0 aromatic heterocycles. The molecule has 0 bridgehead atoms. The van der Waals surface area contributed by atoms with Gasteiger partial charge >= 0.3 is 19.5 Å². The summed E-state index contributed by atoms with van der Waals surface area (Å²) in [6.45, 7) is 0. The Kier molecular flexibility index (Phi) is 20.1. The van der Waals surface area contributed by atoms with Crippen molar-refractivity contribution in [1.82, 2.24) is 0 Å². The van der Waals surface area contributed by atoms with E-state index in [4.69, 9.17) is 0 Å². The molecule has 1 aliphatic carbocycles. The predicted octanol–water partition coefficient (Wildman–Crippen LogP) is -3.77. The first-order chi connectivity index (χ1) is 4.00. The van der Waals surface area contributed by atoms with Crippen LogP contribution >= 0.6 is 0 Å². The van der Waals surface area contributed by atoms with Gasteiger partial charge in [0.25, 0.3) is 0 Å². The van der Waals surface area contributed by atoms with Crippen molar-refractivity contribution >= 4 is 0 Å². The Hall–Kier alpha value is 0.163. The smallest absolute Gasteiger partial charge is 1.00 e. The Labute approximate surface area is 92.7 Å². The summed E-state index contributed by atoms with van der Waals surface area (Å²) in [7, 11) is 0. The van der Waals surface area contributed by atoms with Crippen molar-refractivity contribution in [3.05, 3.63) is 48.6 Å². The molecule has 0 fully saturated rings. The van der Waals surface area contributed by atoms with Crippen LogP contribution in [0.25, 0.3) is 0 Å². The standard InChI is InChI=1S/C8H8.2ClH.Ru/c1-2-4-6-8-7-5-3-1;;;/h1-8H;2*1H;/q;;;+2/p-2/b2-1-,3-1?,4-2?,5-3-,6-4?,7-5?,8-6?,8-7?;;;. The van der Waals surface area contributed by atoms with E-state index in [0.717, 1.165) is 0 Å².